The molecule has 1 fully saturated rings. The molecule has 0 radical (unpaired) electrons. The number of benzene rings is 1. The Kier molecular flexibility index (Phi) is 8.53. The van der Waals surface area contributed by atoms with Gasteiger partial charge in [0, 0.05) is 24.5 Å². The fourth-order valence-corrected chi connectivity index (χ4v) is 5.93. The maximum atomic E-state index is 11.6. The predicted octanol–water partition coefficient (Wildman–Crippen LogP) is 5.16. The van der Waals surface area contributed by atoms with Crippen LogP contribution in [0, 0.1) is 11.8 Å². The first-order chi connectivity index (χ1) is 16.5. The van der Waals surface area contributed by atoms with Gasteiger partial charge >= 0.3 is 5.97 Å². The number of pyridine rings is 1. The Morgan fingerprint density at radius 3 is 2.94 bits per heavy atom. The van der Waals surface area contributed by atoms with Crippen molar-refractivity contribution < 1.29 is 19.7 Å². The van der Waals surface area contributed by atoms with E-state index in [-0.39, 0.29) is 12.3 Å². The van der Waals surface area contributed by atoms with Crippen LogP contribution >= 0.6 is 11.3 Å². The molecule has 0 aliphatic carbocycles. The summed E-state index contributed by atoms with van der Waals surface area (Å²) in [7, 11) is 1.63. The van der Waals surface area contributed by atoms with Crippen LogP contribution in [0.25, 0.3) is 10.9 Å². The number of hydrogen-bond donors (Lipinski definition) is 2. The average molecular weight is 483 g/mol. The van der Waals surface area contributed by atoms with Crippen molar-refractivity contribution >= 4 is 28.2 Å². The van der Waals surface area contributed by atoms with Crippen molar-refractivity contribution in [3.8, 4) is 5.75 Å². The summed E-state index contributed by atoms with van der Waals surface area (Å²) in [6.45, 7) is 2.83. The zero-order chi connectivity index (χ0) is 23.9. The number of carbonyl (C=O) groups is 1. The average Bonchev–Trinajstić information content (AvgIpc) is 3.36. The van der Waals surface area contributed by atoms with E-state index in [1.54, 1.807) is 24.6 Å². The highest BCUT2D eigenvalue weighted by Crippen LogP contribution is 2.34. The van der Waals surface area contributed by atoms with Crippen molar-refractivity contribution in [2.75, 3.05) is 26.7 Å². The molecule has 3 aromatic rings. The van der Waals surface area contributed by atoms with Gasteiger partial charge in [-0.1, -0.05) is 0 Å². The molecule has 4 rings (SSSR count). The Hall–Kier alpha value is -2.48. The molecule has 0 spiro atoms. The number of thiophene rings is 1. The van der Waals surface area contributed by atoms with Gasteiger partial charge in [0.1, 0.15) is 5.75 Å². The highest BCUT2D eigenvalue weighted by molar-refractivity contribution is 7.07. The Morgan fingerprint density at radius 2 is 2.18 bits per heavy atom. The number of piperidine rings is 1. The van der Waals surface area contributed by atoms with E-state index in [0.29, 0.717) is 12.3 Å². The Bertz CT molecular complexity index is 1070. The molecule has 1 aromatic carbocycles. The first-order valence-corrected chi connectivity index (χ1v) is 13.0. The molecule has 3 heterocycles. The van der Waals surface area contributed by atoms with E-state index in [4.69, 9.17) is 4.74 Å². The number of likely N-dealkylation sites (tertiary alicyclic amines) is 1. The quantitative estimate of drug-likeness (QED) is 0.393. The number of aliphatic carboxylic acids is 1. The summed E-state index contributed by atoms with van der Waals surface area (Å²) < 4.78 is 5.35. The standard InChI is InChI=1S/C27H34N2O4S/c1-33-22-5-6-25-24(16-22)23(8-11-28-25)26(30)7-4-20-9-13-29(17-21(20)15-27(31)32)12-2-3-19-10-14-34-18-19/h5-6,8,10-11,14,16,18,20-21,26,30H,2-4,7,9,12-13,15,17H2,1H3,(H,31,32)/t20-,21+,26-/m1/s1. The third kappa shape index (κ3) is 6.34. The molecule has 34 heavy (non-hydrogen) atoms. The molecule has 2 N–H and O–H groups in total. The molecule has 1 saturated heterocycles. The largest absolute Gasteiger partial charge is 0.497 e. The molecule has 1 aliphatic rings. The summed E-state index contributed by atoms with van der Waals surface area (Å²) in [4.78, 5) is 18.4. The smallest absolute Gasteiger partial charge is 0.303 e. The van der Waals surface area contributed by atoms with Crippen LogP contribution in [0.3, 0.4) is 0 Å². The topological polar surface area (TPSA) is 82.9 Å². The van der Waals surface area contributed by atoms with Gasteiger partial charge in [0.05, 0.1) is 18.7 Å². The van der Waals surface area contributed by atoms with Crippen LogP contribution in [-0.2, 0) is 11.2 Å². The van der Waals surface area contributed by atoms with Gasteiger partial charge in [0.2, 0.25) is 0 Å². The number of rotatable bonds is 11. The van der Waals surface area contributed by atoms with Gasteiger partial charge in [-0.2, -0.15) is 11.3 Å². The number of carboxylic acid groups (broad SMARTS) is 1. The van der Waals surface area contributed by atoms with Crippen LogP contribution in [0.5, 0.6) is 5.75 Å². The number of aliphatic hydroxyl groups excluding tert-OH is 1. The molecule has 0 saturated carbocycles. The molecule has 0 unspecified atom stereocenters. The van der Waals surface area contributed by atoms with E-state index in [2.05, 4.69) is 26.7 Å². The Labute approximate surface area is 205 Å². The van der Waals surface area contributed by atoms with Crippen molar-refractivity contribution in [1.29, 1.82) is 0 Å². The van der Waals surface area contributed by atoms with Crippen LogP contribution < -0.4 is 4.74 Å². The lowest BCUT2D eigenvalue weighted by Gasteiger charge is -2.38. The van der Waals surface area contributed by atoms with E-state index in [1.165, 1.54) is 5.56 Å². The fraction of sp³-hybridized carbons (Fsp3) is 0.481. The second-order valence-electron chi connectivity index (χ2n) is 9.32. The van der Waals surface area contributed by atoms with Gasteiger partial charge in [0.25, 0.3) is 0 Å². The fourth-order valence-electron chi connectivity index (χ4n) is 5.23. The second-order valence-corrected chi connectivity index (χ2v) is 10.1. The van der Waals surface area contributed by atoms with Gasteiger partial charge in [-0.25, -0.2) is 0 Å². The molecule has 1 aliphatic heterocycles. The van der Waals surface area contributed by atoms with Crippen LogP contribution in [-0.4, -0.2) is 52.8 Å². The third-order valence-corrected chi connectivity index (χ3v) is 7.82. The molecular formula is C27H34N2O4S. The van der Waals surface area contributed by atoms with E-state index in [0.717, 1.165) is 67.5 Å². The monoisotopic (exact) mass is 482 g/mol. The molecule has 2 aromatic heterocycles. The Morgan fingerprint density at radius 1 is 1.29 bits per heavy atom. The summed E-state index contributed by atoms with van der Waals surface area (Å²) >= 11 is 1.73. The molecule has 3 atom stereocenters. The third-order valence-electron chi connectivity index (χ3n) is 7.08. The minimum Gasteiger partial charge on any atom is -0.497 e. The van der Waals surface area contributed by atoms with E-state index >= 15 is 0 Å². The van der Waals surface area contributed by atoms with Gasteiger partial charge in [-0.15, -0.1) is 0 Å². The van der Waals surface area contributed by atoms with E-state index < -0.39 is 12.1 Å². The summed E-state index contributed by atoms with van der Waals surface area (Å²) in [6, 6.07) is 9.75. The zero-order valence-corrected chi connectivity index (χ0v) is 20.5. The lowest BCUT2D eigenvalue weighted by atomic mass is 9.79. The number of aryl methyl sites for hydroxylation is 1. The number of hydrogen-bond acceptors (Lipinski definition) is 6. The van der Waals surface area contributed by atoms with Crippen LogP contribution in [0.2, 0.25) is 0 Å². The van der Waals surface area contributed by atoms with Crippen molar-refractivity contribution in [1.82, 2.24) is 9.88 Å². The van der Waals surface area contributed by atoms with Crippen molar-refractivity contribution in [3.05, 3.63) is 58.4 Å². The first kappa shape index (κ1) is 24.6. The van der Waals surface area contributed by atoms with E-state index in [1.807, 2.05) is 24.3 Å². The van der Waals surface area contributed by atoms with Crippen LogP contribution in [0.15, 0.2) is 47.3 Å². The normalized spacial score (nSPS) is 19.8. The lowest BCUT2D eigenvalue weighted by molar-refractivity contribution is -0.139. The predicted molar refractivity (Wildman–Crippen MR) is 135 cm³/mol. The summed E-state index contributed by atoms with van der Waals surface area (Å²) in [5, 5.41) is 25.8. The van der Waals surface area contributed by atoms with Gasteiger partial charge in [0.15, 0.2) is 0 Å². The minimum atomic E-state index is -0.733. The summed E-state index contributed by atoms with van der Waals surface area (Å²) in [6.07, 6.45) is 5.87. The van der Waals surface area contributed by atoms with Crippen molar-refractivity contribution in [3.63, 3.8) is 0 Å². The number of nitrogens with zero attached hydrogens (tertiary/aromatic N) is 2. The summed E-state index contributed by atoms with van der Waals surface area (Å²) in [5.74, 6) is 0.431. The number of fused-ring (bicyclic) bond motifs is 1. The molecular weight excluding hydrogens is 448 g/mol. The minimum absolute atomic E-state index is 0.119. The highest BCUT2D eigenvalue weighted by atomic mass is 32.1. The van der Waals surface area contributed by atoms with Gasteiger partial charge in [-0.05, 0) is 109 Å². The first-order valence-electron chi connectivity index (χ1n) is 12.1. The number of carboxylic acids is 1. The maximum Gasteiger partial charge on any atom is 0.303 e. The number of ether oxygens (including phenoxy) is 1. The number of aliphatic hydroxyl groups is 1. The van der Waals surface area contributed by atoms with Crippen LogP contribution in [0.1, 0.15) is 49.3 Å². The molecule has 0 amide bonds. The molecule has 6 nitrogen and oxygen atoms in total. The second kappa shape index (κ2) is 11.8. The number of methoxy groups -OCH3 is 1. The van der Waals surface area contributed by atoms with E-state index in [9.17, 15) is 15.0 Å². The summed E-state index contributed by atoms with van der Waals surface area (Å²) in [5.41, 5.74) is 3.07. The molecule has 0 bridgehead atoms. The highest BCUT2D eigenvalue weighted by Gasteiger charge is 2.31. The van der Waals surface area contributed by atoms with Crippen molar-refractivity contribution in [2.45, 2.75) is 44.6 Å². The SMILES string of the molecule is COc1ccc2nccc([C@H](O)CC[C@@H]3CCN(CCCc4ccsc4)C[C@@H]3CC(=O)O)c2c1. The Balaban J connectivity index is 1.35. The molecule has 182 valence electrons. The van der Waals surface area contributed by atoms with Crippen molar-refractivity contribution in [2.24, 2.45) is 11.8 Å². The van der Waals surface area contributed by atoms with Gasteiger partial charge in [-0.3, -0.25) is 9.78 Å². The van der Waals surface area contributed by atoms with Crippen LogP contribution in [0.4, 0.5) is 0 Å². The zero-order valence-electron chi connectivity index (χ0n) is 19.7. The molecule has 7 heteroatoms. The lowest BCUT2D eigenvalue weighted by Crippen LogP contribution is -2.42. The maximum absolute atomic E-state index is 11.6. The van der Waals surface area contributed by atoms with Gasteiger partial charge < -0.3 is 19.8 Å². The number of aromatic nitrogens is 1.